The second-order valence-corrected chi connectivity index (χ2v) is 4.53. The Morgan fingerprint density at radius 2 is 2.06 bits per heavy atom. The molecule has 1 unspecified atom stereocenters. The lowest BCUT2D eigenvalue weighted by Gasteiger charge is -2.19. The Balaban J connectivity index is 2.44. The van der Waals surface area contributed by atoms with Gasteiger partial charge in [-0.25, -0.2) is 8.78 Å². The SMILES string of the molecule is COc1cc(F)c(F)cc1N1CC(S)CC1=O. The minimum absolute atomic E-state index is 0.0969. The first-order valence-corrected chi connectivity index (χ1v) is 5.56. The predicted molar refractivity (Wildman–Crippen MR) is 62.7 cm³/mol. The highest BCUT2D eigenvalue weighted by Gasteiger charge is 2.30. The molecule has 17 heavy (non-hydrogen) atoms. The van der Waals surface area contributed by atoms with Gasteiger partial charge in [0.25, 0.3) is 0 Å². The van der Waals surface area contributed by atoms with Gasteiger partial charge in [-0.15, -0.1) is 0 Å². The lowest BCUT2D eigenvalue weighted by molar-refractivity contribution is -0.117. The second-order valence-electron chi connectivity index (χ2n) is 3.80. The van der Waals surface area contributed by atoms with E-state index in [-0.39, 0.29) is 29.0 Å². The van der Waals surface area contributed by atoms with Crippen LogP contribution in [0.4, 0.5) is 14.5 Å². The van der Waals surface area contributed by atoms with Crippen molar-refractivity contribution in [2.45, 2.75) is 11.7 Å². The third kappa shape index (κ3) is 2.22. The number of hydrogen-bond acceptors (Lipinski definition) is 3. The van der Waals surface area contributed by atoms with E-state index in [2.05, 4.69) is 12.6 Å². The molecule has 92 valence electrons. The predicted octanol–water partition coefficient (Wildman–Crippen LogP) is 2.01. The molecule has 0 saturated carbocycles. The molecule has 0 aromatic heterocycles. The number of anilines is 1. The van der Waals surface area contributed by atoms with E-state index in [4.69, 9.17) is 4.74 Å². The Morgan fingerprint density at radius 1 is 1.41 bits per heavy atom. The van der Waals surface area contributed by atoms with Crippen molar-refractivity contribution in [1.29, 1.82) is 0 Å². The van der Waals surface area contributed by atoms with Crippen LogP contribution in [0.1, 0.15) is 6.42 Å². The molecule has 0 radical (unpaired) electrons. The van der Waals surface area contributed by atoms with Crippen molar-refractivity contribution in [3.8, 4) is 5.75 Å². The van der Waals surface area contributed by atoms with E-state index in [9.17, 15) is 13.6 Å². The standard InChI is InChI=1S/C11H11F2NO2S/c1-16-10-4-8(13)7(12)3-9(10)14-5-6(17)2-11(14)15/h3-4,6,17H,2,5H2,1H3. The first-order valence-electron chi connectivity index (χ1n) is 5.04. The van der Waals surface area contributed by atoms with E-state index < -0.39 is 11.6 Å². The van der Waals surface area contributed by atoms with Crippen molar-refractivity contribution in [2.75, 3.05) is 18.6 Å². The van der Waals surface area contributed by atoms with Crippen molar-refractivity contribution < 1.29 is 18.3 Å². The van der Waals surface area contributed by atoms with Crippen LogP contribution in [0, 0.1) is 11.6 Å². The van der Waals surface area contributed by atoms with Crippen LogP contribution in [0.3, 0.4) is 0 Å². The van der Waals surface area contributed by atoms with Crippen molar-refractivity contribution in [3.63, 3.8) is 0 Å². The fraction of sp³-hybridized carbons (Fsp3) is 0.364. The third-order valence-corrected chi connectivity index (χ3v) is 2.96. The lowest BCUT2D eigenvalue weighted by atomic mass is 10.2. The molecule has 6 heteroatoms. The fourth-order valence-electron chi connectivity index (χ4n) is 1.81. The molecule has 3 nitrogen and oxygen atoms in total. The highest BCUT2D eigenvalue weighted by atomic mass is 32.1. The fourth-order valence-corrected chi connectivity index (χ4v) is 2.13. The molecule has 0 N–H and O–H groups in total. The molecule has 1 amide bonds. The van der Waals surface area contributed by atoms with Crippen LogP contribution < -0.4 is 9.64 Å². The molecule has 1 aliphatic heterocycles. The van der Waals surface area contributed by atoms with E-state index >= 15 is 0 Å². The quantitative estimate of drug-likeness (QED) is 0.823. The van der Waals surface area contributed by atoms with Crippen LogP contribution in [0.2, 0.25) is 0 Å². The van der Waals surface area contributed by atoms with Crippen molar-refractivity contribution >= 4 is 24.2 Å². The molecule has 1 atom stereocenters. The van der Waals surface area contributed by atoms with Crippen LogP contribution in [-0.4, -0.2) is 24.8 Å². The zero-order valence-electron chi connectivity index (χ0n) is 9.11. The minimum atomic E-state index is -1.00. The number of methoxy groups -OCH3 is 1. The summed E-state index contributed by atoms with van der Waals surface area (Å²) in [6.07, 6.45) is 0.283. The Morgan fingerprint density at radius 3 is 2.59 bits per heavy atom. The van der Waals surface area contributed by atoms with Gasteiger partial charge in [0.05, 0.1) is 12.8 Å². The Labute approximate surface area is 103 Å². The number of carbonyl (C=O) groups is 1. The van der Waals surface area contributed by atoms with Gasteiger partial charge in [0, 0.05) is 30.3 Å². The van der Waals surface area contributed by atoms with Crippen LogP contribution in [-0.2, 0) is 4.79 Å². The number of nitrogens with zero attached hydrogens (tertiary/aromatic N) is 1. The molecule has 1 aromatic carbocycles. The highest BCUT2D eigenvalue weighted by Crippen LogP contribution is 2.34. The van der Waals surface area contributed by atoms with Crippen molar-refractivity contribution in [1.82, 2.24) is 0 Å². The summed E-state index contributed by atoms with van der Waals surface area (Å²) in [7, 11) is 1.34. The number of carbonyl (C=O) groups excluding carboxylic acids is 1. The largest absolute Gasteiger partial charge is 0.494 e. The molecule has 2 rings (SSSR count). The number of amides is 1. The van der Waals surface area contributed by atoms with Gasteiger partial charge < -0.3 is 9.64 Å². The van der Waals surface area contributed by atoms with E-state index in [0.717, 1.165) is 12.1 Å². The zero-order chi connectivity index (χ0) is 12.6. The number of hydrogen-bond donors (Lipinski definition) is 1. The van der Waals surface area contributed by atoms with Gasteiger partial charge in [-0.3, -0.25) is 4.79 Å². The summed E-state index contributed by atoms with van der Waals surface area (Å²) in [5.41, 5.74) is 0.243. The summed E-state index contributed by atoms with van der Waals surface area (Å²) < 4.78 is 31.2. The summed E-state index contributed by atoms with van der Waals surface area (Å²) in [5, 5.41) is -0.0969. The molecule has 1 fully saturated rings. The Kier molecular flexibility index (Phi) is 3.24. The summed E-state index contributed by atoms with van der Waals surface area (Å²) >= 11 is 4.20. The second kappa shape index (κ2) is 4.52. The van der Waals surface area contributed by atoms with Gasteiger partial charge in [-0.2, -0.15) is 12.6 Å². The summed E-state index contributed by atoms with van der Waals surface area (Å²) in [6, 6.07) is 1.90. The minimum Gasteiger partial charge on any atom is -0.494 e. The molecule has 1 aliphatic rings. The first-order chi connectivity index (χ1) is 8.02. The van der Waals surface area contributed by atoms with Gasteiger partial charge in [0.1, 0.15) is 5.75 Å². The average Bonchev–Trinajstić information content (AvgIpc) is 2.61. The van der Waals surface area contributed by atoms with E-state index in [1.807, 2.05) is 0 Å². The number of benzene rings is 1. The van der Waals surface area contributed by atoms with E-state index in [0.29, 0.717) is 6.54 Å². The third-order valence-electron chi connectivity index (χ3n) is 2.62. The molecule has 0 bridgehead atoms. The van der Waals surface area contributed by atoms with Crippen LogP contribution in [0.15, 0.2) is 12.1 Å². The van der Waals surface area contributed by atoms with Crippen LogP contribution >= 0.6 is 12.6 Å². The van der Waals surface area contributed by atoms with Gasteiger partial charge >= 0.3 is 0 Å². The monoisotopic (exact) mass is 259 g/mol. The number of rotatable bonds is 2. The van der Waals surface area contributed by atoms with Crippen LogP contribution in [0.25, 0.3) is 0 Å². The summed E-state index contributed by atoms with van der Waals surface area (Å²) in [5.74, 6) is -2.04. The molecular weight excluding hydrogens is 248 g/mol. The summed E-state index contributed by atoms with van der Waals surface area (Å²) in [4.78, 5) is 13.0. The highest BCUT2D eigenvalue weighted by molar-refractivity contribution is 7.81. The number of halogens is 2. The van der Waals surface area contributed by atoms with Crippen LogP contribution in [0.5, 0.6) is 5.75 Å². The first kappa shape index (κ1) is 12.2. The smallest absolute Gasteiger partial charge is 0.228 e. The molecule has 1 heterocycles. The molecule has 0 spiro atoms. The molecule has 1 saturated heterocycles. The molecule has 1 aromatic rings. The number of thiol groups is 1. The normalized spacial score (nSPS) is 19.9. The topological polar surface area (TPSA) is 29.5 Å². The van der Waals surface area contributed by atoms with Gasteiger partial charge in [-0.05, 0) is 0 Å². The Bertz CT molecular complexity index is 467. The molecular formula is C11H11F2NO2S. The van der Waals surface area contributed by atoms with Gasteiger partial charge in [0.15, 0.2) is 11.6 Å². The van der Waals surface area contributed by atoms with E-state index in [1.54, 1.807) is 0 Å². The van der Waals surface area contributed by atoms with Crippen molar-refractivity contribution in [2.24, 2.45) is 0 Å². The lowest BCUT2D eigenvalue weighted by Crippen LogP contribution is -2.25. The summed E-state index contributed by atoms with van der Waals surface area (Å²) in [6.45, 7) is 0.364. The van der Waals surface area contributed by atoms with Gasteiger partial charge in [0.2, 0.25) is 5.91 Å². The average molecular weight is 259 g/mol. The maximum atomic E-state index is 13.2. The zero-order valence-corrected chi connectivity index (χ0v) is 10.0. The number of ether oxygens (including phenoxy) is 1. The van der Waals surface area contributed by atoms with Gasteiger partial charge in [-0.1, -0.05) is 0 Å². The molecule has 0 aliphatic carbocycles. The maximum Gasteiger partial charge on any atom is 0.228 e. The van der Waals surface area contributed by atoms with E-state index in [1.165, 1.54) is 12.0 Å². The maximum absolute atomic E-state index is 13.2. The van der Waals surface area contributed by atoms with Crippen molar-refractivity contribution in [3.05, 3.63) is 23.8 Å². The Hall–Kier alpha value is -1.30.